The molecule has 0 fully saturated rings. The number of hydrogen-bond acceptors (Lipinski definition) is 6. The summed E-state index contributed by atoms with van der Waals surface area (Å²) < 4.78 is 19.9. The zero-order chi connectivity index (χ0) is 18.5. The smallest absolute Gasteiger partial charge is 0.340 e. The molecule has 0 aliphatic heterocycles. The number of benzene rings is 2. The van der Waals surface area contributed by atoms with Gasteiger partial charge < -0.3 is 10.1 Å². The van der Waals surface area contributed by atoms with Gasteiger partial charge in [0.25, 0.3) is 5.91 Å². The number of carbonyl (C=O) groups excluding carboxylic acids is 2. The number of rotatable bonds is 5. The summed E-state index contributed by atoms with van der Waals surface area (Å²) in [7, 11) is 0. The number of nitrogens with zero attached hydrogens (tertiary/aromatic N) is 4. The number of tetrazole rings is 1. The largest absolute Gasteiger partial charge is 0.462 e. The van der Waals surface area contributed by atoms with Crippen molar-refractivity contribution in [3.63, 3.8) is 0 Å². The van der Waals surface area contributed by atoms with Crippen molar-refractivity contribution in [3.05, 3.63) is 65.7 Å². The number of amides is 1. The highest BCUT2D eigenvalue weighted by molar-refractivity contribution is 6.09. The van der Waals surface area contributed by atoms with Crippen LogP contribution in [0.2, 0.25) is 0 Å². The molecule has 1 N–H and O–H groups in total. The van der Waals surface area contributed by atoms with E-state index in [2.05, 4.69) is 20.8 Å². The minimum Gasteiger partial charge on any atom is -0.462 e. The van der Waals surface area contributed by atoms with Crippen molar-refractivity contribution in [1.29, 1.82) is 0 Å². The molecule has 1 heterocycles. The van der Waals surface area contributed by atoms with Crippen LogP contribution in [0, 0.1) is 5.82 Å². The minimum atomic E-state index is -0.619. The molecule has 0 radical (unpaired) electrons. The summed E-state index contributed by atoms with van der Waals surface area (Å²) >= 11 is 0. The Morgan fingerprint density at radius 3 is 2.73 bits per heavy atom. The minimum absolute atomic E-state index is 0.0101. The summed E-state index contributed by atoms with van der Waals surface area (Å²) in [5.41, 5.74) is 0.754. The van der Waals surface area contributed by atoms with Crippen LogP contribution in [-0.4, -0.2) is 38.7 Å². The normalized spacial score (nSPS) is 10.4. The molecule has 0 bridgehead atoms. The van der Waals surface area contributed by atoms with Crippen LogP contribution in [0.1, 0.15) is 27.6 Å². The molecule has 132 valence electrons. The summed E-state index contributed by atoms with van der Waals surface area (Å²) in [6.45, 7) is 1.89. The molecule has 0 unspecified atom stereocenters. The molecule has 0 saturated heterocycles. The van der Waals surface area contributed by atoms with Crippen molar-refractivity contribution in [2.75, 3.05) is 11.9 Å². The number of hydrogen-bond donors (Lipinski definition) is 1. The van der Waals surface area contributed by atoms with Crippen LogP contribution in [0.25, 0.3) is 5.69 Å². The first kappa shape index (κ1) is 17.2. The van der Waals surface area contributed by atoms with Gasteiger partial charge in [-0.05, 0) is 47.7 Å². The van der Waals surface area contributed by atoms with Gasteiger partial charge in [-0.2, -0.15) is 4.68 Å². The highest BCUT2D eigenvalue weighted by atomic mass is 19.1. The van der Waals surface area contributed by atoms with Crippen molar-refractivity contribution in [2.24, 2.45) is 0 Å². The fourth-order valence-corrected chi connectivity index (χ4v) is 2.33. The predicted molar refractivity (Wildman–Crippen MR) is 89.5 cm³/mol. The SMILES string of the molecule is CCOC(=O)c1ccccc1NC(=O)c1cc(F)ccc1-n1cnnn1. The Morgan fingerprint density at radius 1 is 1.19 bits per heavy atom. The van der Waals surface area contributed by atoms with E-state index in [0.717, 1.165) is 6.07 Å². The summed E-state index contributed by atoms with van der Waals surface area (Å²) in [5, 5.41) is 13.3. The fourth-order valence-electron chi connectivity index (χ4n) is 2.33. The third kappa shape index (κ3) is 3.56. The van der Waals surface area contributed by atoms with Gasteiger partial charge in [0.15, 0.2) is 0 Å². The predicted octanol–water partition coefficient (Wildman–Crippen LogP) is 2.23. The zero-order valence-corrected chi connectivity index (χ0v) is 13.7. The van der Waals surface area contributed by atoms with Crippen LogP contribution >= 0.6 is 0 Å². The van der Waals surface area contributed by atoms with Gasteiger partial charge >= 0.3 is 5.97 Å². The van der Waals surface area contributed by atoms with Crippen LogP contribution < -0.4 is 5.32 Å². The van der Waals surface area contributed by atoms with Gasteiger partial charge in [-0.15, -0.1) is 5.10 Å². The highest BCUT2D eigenvalue weighted by Crippen LogP contribution is 2.20. The van der Waals surface area contributed by atoms with Gasteiger partial charge in [-0.3, -0.25) is 4.79 Å². The van der Waals surface area contributed by atoms with Crippen LogP contribution in [0.5, 0.6) is 0 Å². The first-order valence-corrected chi connectivity index (χ1v) is 7.70. The molecule has 0 spiro atoms. The molecule has 3 rings (SSSR count). The highest BCUT2D eigenvalue weighted by Gasteiger charge is 2.18. The van der Waals surface area contributed by atoms with E-state index in [-0.39, 0.29) is 23.4 Å². The molecule has 1 amide bonds. The molecule has 0 atom stereocenters. The third-order valence-corrected chi connectivity index (χ3v) is 3.47. The van der Waals surface area contributed by atoms with Crippen molar-refractivity contribution >= 4 is 17.6 Å². The molecule has 8 nitrogen and oxygen atoms in total. The molecule has 1 aromatic heterocycles. The number of aromatic nitrogens is 4. The van der Waals surface area contributed by atoms with Crippen LogP contribution in [0.15, 0.2) is 48.8 Å². The van der Waals surface area contributed by atoms with Crippen LogP contribution in [0.4, 0.5) is 10.1 Å². The van der Waals surface area contributed by atoms with Gasteiger partial charge in [0, 0.05) is 0 Å². The van der Waals surface area contributed by atoms with Crippen molar-refractivity contribution in [1.82, 2.24) is 20.2 Å². The van der Waals surface area contributed by atoms with E-state index in [1.165, 1.54) is 29.2 Å². The standard InChI is InChI=1S/C17H14FN5O3/c1-2-26-17(25)12-5-3-4-6-14(12)20-16(24)13-9-11(18)7-8-15(13)23-10-19-21-22-23/h3-10H,2H2,1H3,(H,20,24). The molecule has 3 aromatic rings. The number of para-hydroxylation sites is 1. The Hall–Kier alpha value is -3.62. The second-order valence-corrected chi connectivity index (χ2v) is 5.14. The van der Waals surface area contributed by atoms with Crippen LogP contribution in [0.3, 0.4) is 0 Å². The first-order valence-electron chi connectivity index (χ1n) is 7.70. The number of carbonyl (C=O) groups is 2. The molecule has 0 aliphatic rings. The molecule has 0 saturated carbocycles. The average molecular weight is 355 g/mol. The maximum absolute atomic E-state index is 13.7. The first-order chi connectivity index (χ1) is 12.6. The van der Waals surface area contributed by atoms with Gasteiger partial charge in [-0.1, -0.05) is 12.1 Å². The Kier molecular flexibility index (Phi) is 4.97. The lowest BCUT2D eigenvalue weighted by Crippen LogP contribution is -2.18. The Morgan fingerprint density at radius 2 is 2.00 bits per heavy atom. The van der Waals surface area contributed by atoms with E-state index in [1.807, 2.05) is 0 Å². The van der Waals surface area contributed by atoms with Crippen molar-refractivity contribution in [3.8, 4) is 5.69 Å². The molecule has 2 aromatic carbocycles. The number of esters is 1. The quantitative estimate of drug-likeness (QED) is 0.705. The number of nitrogens with one attached hydrogen (secondary N) is 1. The van der Waals surface area contributed by atoms with E-state index >= 15 is 0 Å². The second kappa shape index (κ2) is 7.51. The van der Waals surface area contributed by atoms with Gasteiger partial charge in [0.05, 0.1) is 29.1 Å². The Balaban J connectivity index is 1.95. The zero-order valence-electron chi connectivity index (χ0n) is 13.7. The number of halogens is 1. The maximum atomic E-state index is 13.7. The monoisotopic (exact) mass is 355 g/mol. The summed E-state index contributed by atoms with van der Waals surface area (Å²) in [6.07, 6.45) is 1.29. The lowest BCUT2D eigenvalue weighted by atomic mass is 10.1. The molecule has 9 heteroatoms. The summed E-state index contributed by atoms with van der Waals surface area (Å²) in [6, 6.07) is 10.0. The fraction of sp³-hybridized carbons (Fsp3) is 0.118. The molecule has 26 heavy (non-hydrogen) atoms. The number of ether oxygens (including phenoxy) is 1. The lowest BCUT2D eigenvalue weighted by Gasteiger charge is -2.12. The number of anilines is 1. The van der Waals surface area contributed by atoms with E-state index < -0.39 is 17.7 Å². The average Bonchev–Trinajstić information content (AvgIpc) is 3.16. The summed E-state index contributed by atoms with van der Waals surface area (Å²) in [5.74, 6) is -1.78. The van der Waals surface area contributed by atoms with Crippen molar-refractivity contribution < 1.29 is 18.7 Å². The van der Waals surface area contributed by atoms with E-state index in [9.17, 15) is 14.0 Å². The van der Waals surface area contributed by atoms with Crippen molar-refractivity contribution in [2.45, 2.75) is 6.92 Å². The van der Waals surface area contributed by atoms with Gasteiger partial charge in [0.1, 0.15) is 12.1 Å². The maximum Gasteiger partial charge on any atom is 0.340 e. The molecular formula is C17H14FN5O3. The third-order valence-electron chi connectivity index (χ3n) is 3.47. The summed E-state index contributed by atoms with van der Waals surface area (Å²) in [4.78, 5) is 24.7. The Bertz CT molecular complexity index is 943. The molecule has 0 aliphatic carbocycles. The molecular weight excluding hydrogens is 341 g/mol. The topological polar surface area (TPSA) is 99.0 Å². The van der Waals surface area contributed by atoms with Gasteiger partial charge in [-0.25, -0.2) is 9.18 Å². The second-order valence-electron chi connectivity index (χ2n) is 5.14. The van der Waals surface area contributed by atoms with Gasteiger partial charge in [0.2, 0.25) is 0 Å². The van der Waals surface area contributed by atoms with Crippen LogP contribution in [-0.2, 0) is 4.74 Å². The van der Waals surface area contributed by atoms with E-state index in [1.54, 1.807) is 25.1 Å². The van der Waals surface area contributed by atoms with E-state index in [4.69, 9.17) is 4.74 Å². The Labute approximate surface area is 147 Å². The van der Waals surface area contributed by atoms with E-state index in [0.29, 0.717) is 5.69 Å². The lowest BCUT2D eigenvalue weighted by molar-refractivity contribution is 0.0527.